The maximum absolute atomic E-state index is 11.8. The van der Waals surface area contributed by atoms with E-state index in [9.17, 15) is 4.79 Å². The van der Waals surface area contributed by atoms with Crippen LogP contribution < -0.4 is 10.6 Å². The Morgan fingerprint density at radius 3 is 2.07 bits per heavy atom. The lowest BCUT2D eigenvalue weighted by molar-refractivity contribution is -0.123. The first-order valence-corrected chi connectivity index (χ1v) is 6.20. The van der Waals surface area contributed by atoms with E-state index in [0.717, 1.165) is 0 Å². The average molecular weight is 230 g/mol. The van der Waals surface area contributed by atoms with Crippen LogP contribution in [0, 0.1) is 0 Å². The van der Waals surface area contributed by atoms with Crippen molar-refractivity contribution in [3.63, 3.8) is 0 Å². The van der Waals surface area contributed by atoms with Crippen LogP contribution in [0.5, 0.6) is 0 Å². The van der Waals surface area contributed by atoms with Gasteiger partial charge in [0.2, 0.25) is 5.91 Å². The number of nitrogens with one attached hydrogen (secondary N) is 2. The van der Waals surface area contributed by atoms with Gasteiger partial charge >= 0.3 is 0 Å². The second kappa shape index (κ2) is 3.98. The van der Waals surface area contributed by atoms with Crippen LogP contribution in [0.3, 0.4) is 0 Å². The van der Waals surface area contributed by atoms with Crippen molar-refractivity contribution in [1.29, 1.82) is 0 Å². The molecule has 0 aliphatic carbocycles. The molecule has 3 nitrogen and oxygen atoms in total. The van der Waals surface area contributed by atoms with Gasteiger partial charge in [0.1, 0.15) is 0 Å². The quantitative estimate of drug-likeness (QED) is 0.769. The van der Waals surface area contributed by atoms with Crippen LogP contribution >= 0.6 is 11.8 Å². The zero-order valence-electron chi connectivity index (χ0n) is 10.5. The number of likely N-dealkylation sites (N-methyl/N-ethyl adjacent to an activating group) is 1. The van der Waals surface area contributed by atoms with Gasteiger partial charge in [0, 0.05) is 9.49 Å². The maximum atomic E-state index is 11.8. The van der Waals surface area contributed by atoms with Gasteiger partial charge in [-0.25, -0.2) is 0 Å². The molecule has 0 saturated carbocycles. The number of thioether (sulfide) groups is 1. The van der Waals surface area contributed by atoms with Gasteiger partial charge < -0.3 is 10.6 Å². The molecule has 15 heavy (non-hydrogen) atoms. The Hall–Kier alpha value is -0.220. The van der Waals surface area contributed by atoms with E-state index in [2.05, 4.69) is 38.3 Å². The van der Waals surface area contributed by atoms with E-state index in [1.807, 2.05) is 18.7 Å². The number of carbonyl (C=O) groups is 1. The first kappa shape index (κ1) is 12.8. The van der Waals surface area contributed by atoms with E-state index in [1.165, 1.54) is 0 Å². The van der Waals surface area contributed by atoms with Crippen LogP contribution in [0.4, 0.5) is 0 Å². The zero-order valence-corrected chi connectivity index (χ0v) is 11.3. The van der Waals surface area contributed by atoms with Gasteiger partial charge in [-0.2, -0.15) is 0 Å². The molecule has 0 aromatic heterocycles. The minimum absolute atomic E-state index is 0.0870. The third-order valence-corrected chi connectivity index (χ3v) is 4.55. The van der Waals surface area contributed by atoms with Gasteiger partial charge in [-0.05, 0) is 41.7 Å². The summed E-state index contributed by atoms with van der Waals surface area (Å²) in [6.07, 6.45) is 0. The Bertz CT molecular complexity index is 249. The molecular weight excluding hydrogens is 208 g/mol. The van der Waals surface area contributed by atoms with Crippen molar-refractivity contribution in [3.8, 4) is 0 Å². The van der Waals surface area contributed by atoms with Crippen LogP contribution in [-0.4, -0.2) is 34.5 Å². The Morgan fingerprint density at radius 1 is 1.27 bits per heavy atom. The van der Waals surface area contributed by atoms with Crippen LogP contribution in [0.15, 0.2) is 0 Å². The first-order valence-electron chi connectivity index (χ1n) is 5.38. The van der Waals surface area contributed by atoms with Crippen LogP contribution in [-0.2, 0) is 4.79 Å². The van der Waals surface area contributed by atoms with E-state index >= 15 is 0 Å². The molecule has 2 N–H and O–H groups in total. The molecule has 1 heterocycles. The molecule has 1 amide bonds. The fraction of sp³-hybridized carbons (Fsp3) is 0.909. The fourth-order valence-corrected chi connectivity index (χ4v) is 4.43. The van der Waals surface area contributed by atoms with Crippen molar-refractivity contribution >= 4 is 17.7 Å². The molecule has 0 radical (unpaired) electrons. The summed E-state index contributed by atoms with van der Waals surface area (Å²) in [5.74, 6) is 0.0870. The lowest BCUT2D eigenvalue weighted by Crippen LogP contribution is -2.68. The van der Waals surface area contributed by atoms with Crippen molar-refractivity contribution in [3.05, 3.63) is 0 Å². The summed E-state index contributed by atoms with van der Waals surface area (Å²) in [6.45, 7) is 10.6. The summed E-state index contributed by atoms with van der Waals surface area (Å²) in [7, 11) is 1.80. The lowest BCUT2D eigenvalue weighted by atomic mass is 9.89. The molecule has 1 fully saturated rings. The Morgan fingerprint density at radius 2 is 1.73 bits per heavy atom. The molecule has 1 aliphatic rings. The fourth-order valence-electron chi connectivity index (χ4n) is 2.32. The highest BCUT2D eigenvalue weighted by atomic mass is 32.2. The monoisotopic (exact) mass is 230 g/mol. The van der Waals surface area contributed by atoms with Gasteiger partial charge in [-0.1, -0.05) is 0 Å². The predicted molar refractivity (Wildman–Crippen MR) is 66.2 cm³/mol. The maximum Gasteiger partial charge on any atom is 0.237 e. The minimum Gasteiger partial charge on any atom is -0.349 e. The third-order valence-electron chi connectivity index (χ3n) is 3.03. The number of carbonyl (C=O) groups excluding carboxylic acids is 1. The van der Waals surface area contributed by atoms with Gasteiger partial charge in [0.15, 0.2) is 0 Å². The van der Waals surface area contributed by atoms with Crippen molar-refractivity contribution < 1.29 is 4.79 Å². The van der Waals surface area contributed by atoms with Crippen LogP contribution in [0.1, 0.15) is 34.6 Å². The molecule has 1 rings (SSSR count). The molecular formula is C11H22N2OS. The lowest BCUT2D eigenvalue weighted by Gasteiger charge is -2.57. The third kappa shape index (κ3) is 2.48. The van der Waals surface area contributed by atoms with Crippen molar-refractivity contribution in [2.45, 2.75) is 56.2 Å². The summed E-state index contributed by atoms with van der Waals surface area (Å²) < 4.78 is 0.291. The van der Waals surface area contributed by atoms with E-state index in [0.29, 0.717) is 0 Å². The molecule has 88 valence electrons. The van der Waals surface area contributed by atoms with Gasteiger partial charge in [0.25, 0.3) is 0 Å². The molecule has 1 aliphatic heterocycles. The predicted octanol–water partition coefficient (Wildman–Crippen LogP) is 1.38. The van der Waals surface area contributed by atoms with E-state index in [4.69, 9.17) is 0 Å². The number of hydrogen-bond acceptors (Lipinski definition) is 3. The van der Waals surface area contributed by atoms with Crippen LogP contribution in [0.2, 0.25) is 0 Å². The number of amides is 1. The zero-order chi connectivity index (χ0) is 11.9. The molecule has 0 aromatic rings. The van der Waals surface area contributed by atoms with Crippen molar-refractivity contribution in [2.75, 3.05) is 7.05 Å². The summed E-state index contributed by atoms with van der Waals surface area (Å²) in [4.78, 5) is 11.8. The highest BCUT2D eigenvalue weighted by molar-refractivity contribution is 8.03. The molecule has 1 atom stereocenters. The summed E-state index contributed by atoms with van der Waals surface area (Å²) in [5, 5.41) is 6.08. The summed E-state index contributed by atoms with van der Waals surface area (Å²) in [5.41, 5.74) is 0. The second-order valence-electron chi connectivity index (χ2n) is 5.26. The summed E-state index contributed by atoms with van der Waals surface area (Å²) >= 11 is 1.92. The first-order chi connectivity index (χ1) is 6.70. The van der Waals surface area contributed by atoms with Crippen molar-refractivity contribution in [2.24, 2.45) is 0 Å². The highest BCUT2D eigenvalue weighted by Gasteiger charge is 2.54. The Balaban J connectivity index is 2.61. The van der Waals surface area contributed by atoms with E-state index in [1.54, 1.807) is 7.05 Å². The molecule has 0 spiro atoms. The second-order valence-corrected chi connectivity index (χ2v) is 7.57. The Kier molecular flexibility index (Phi) is 3.41. The molecule has 4 heteroatoms. The van der Waals surface area contributed by atoms with Crippen molar-refractivity contribution in [1.82, 2.24) is 10.6 Å². The Labute approximate surface area is 96.8 Å². The van der Waals surface area contributed by atoms with Gasteiger partial charge in [-0.3, -0.25) is 4.79 Å². The minimum atomic E-state index is -0.123. The van der Waals surface area contributed by atoms with E-state index in [-0.39, 0.29) is 27.5 Å². The average Bonchev–Trinajstić information content (AvgIpc) is 2.10. The largest absolute Gasteiger partial charge is 0.349 e. The smallest absolute Gasteiger partial charge is 0.237 e. The molecule has 1 saturated heterocycles. The highest BCUT2D eigenvalue weighted by Crippen LogP contribution is 2.54. The molecule has 0 bridgehead atoms. The topological polar surface area (TPSA) is 41.1 Å². The summed E-state index contributed by atoms with van der Waals surface area (Å²) in [6, 6.07) is 0.125. The number of hydrogen-bond donors (Lipinski definition) is 2. The molecule has 0 unspecified atom stereocenters. The van der Waals surface area contributed by atoms with Crippen LogP contribution in [0.25, 0.3) is 0 Å². The van der Waals surface area contributed by atoms with Gasteiger partial charge in [-0.15, -0.1) is 11.8 Å². The van der Waals surface area contributed by atoms with Gasteiger partial charge in [0.05, 0.1) is 12.1 Å². The SMILES string of the molecule is CN[C@H](C)C(=O)NC1C(C)(C)SC1(C)C. The number of rotatable bonds is 3. The normalized spacial score (nSPS) is 25.5. The standard InChI is InChI=1S/C11H22N2OS/c1-7(12-6)8(14)13-9-10(2,3)15-11(9,4)5/h7,9,12H,1-6H3,(H,13,14)/t7-/m1/s1. The molecule has 0 aromatic carbocycles. The van der Waals surface area contributed by atoms with E-state index < -0.39 is 0 Å².